The van der Waals surface area contributed by atoms with Crippen LogP contribution in [-0.4, -0.2) is 0 Å². The van der Waals surface area contributed by atoms with E-state index in [1.54, 1.807) is 6.26 Å². The maximum absolute atomic E-state index is 5.44. The lowest BCUT2D eigenvalue weighted by Crippen LogP contribution is -1.88. The molecule has 4 aromatic carbocycles. The molecule has 0 aliphatic heterocycles. The Morgan fingerprint density at radius 3 is 2.31 bits per heavy atom. The summed E-state index contributed by atoms with van der Waals surface area (Å²) in [6.07, 6.45) is 3.42. The van der Waals surface area contributed by atoms with Gasteiger partial charge in [-0.3, -0.25) is 0 Å². The molecule has 1 heteroatoms. The van der Waals surface area contributed by atoms with Crippen LogP contribution in [0.4, 0.5) is 0 Å². The number of hydrogen-bond acceptors (Lipinski definition) is 1. The highest BCUT2D eigenvalue weighted by atomic mass is 16.3. The van der Waals surface area contributed by atoms with Crippen molar-refractivity contribution in [2.75, 3.05) is 0 Å². The Morgan fingerprint density at radius 1 is 0.621 bits per heavy atom. The van der Waals surface area contributed by atoms with Crippen molar-refractivity contribution in [3.05, 3.63) is 120 Å². The number of benzene rings is 4. The molecule has 5 rings (SSSR count). The monoisotopic (exact) mass is 372 g/mol. The summed E-state index contributed by atoms with van der Waals surface area (Å²) in [5, 5.41) is 3.63. The molecule has 0 radical (unpaired) electrons. The Balaban J connectivity index is 1.39. The molecular weight excluding hydrogens is 352 g/mol. The first-order valence-electron chi connectivity index (χ1n) is 9.85. The molecule has 0 aliphatic rings. The fourth-order valence-electron chi connectivity index (χ4n) is 3.69. The normalized spacial score (nSPS) is 10.8. The summed E-state index contributed by atoms with van der Waals surface area (Å²) in [4.78, 5) is 0. The van der Waals surface area contributed by atoms with E-state index in [1.165, 1.54) is 27.5 Å². The van der Waals surface area contributed by atoms with Gasteiger partial charge in [0, 0.05) is 17.4 Å². The van der Waals surface area contributed by atoms with Gasteiger partial charge in [0.05, 0.1) is 6.26 Å². The topological polar surface area (TPSA) is 13.1 Å². The second-order valence-electron chi connectivity index (χ2n) is 7.33. The quantitative estimate of drug-likeness (QED) is 0.319. The van der Waals surface area contributed by atoms with E-state index in [4.69, 9.17) is 4.42 Å². The van der Waals surface area contributed by atoms with Gasteiger partial charge in [-0.1, -0.05) is 72.5 Å². The first kappa shape index (κ1) is 17.3. The van der Waals surface area contributed by atoms with Crippen molar-refractivity contribution in [2.24, 2.45) is 0 Å². The van der Waals surface area contributed by atoms with E-state index in [-0.39, 0.29) is 0 Å². The van der Waals surface area contributed by atoms with Crippen LogP contribution in [0.1, 0.15) is 22.3 Å². The Kier molecular flexibility index (Phi) is 4.60. The van der Waals surface area contributed by atoms with Crippen molar-refractivity contribution in [1.29, 1.82) is 0 Å². The molecule has 138 valence electrons. The van der Waals surface area contributed by atoms with Crippen LogP contribution in [0.2, 0.25) is 0 Å². The fourth-order valence-corrected chi connectivity index (χ4v) is 3.69. The van der Waals surface area contributed by atoms with Gasteiger partial charge in [-0.15, -0.1) is 0 Å². The molecular formula is C28H20O. The predicted octanol–water partition coefficient (Wildman–Crippen LogP) is 6.77. The molecule has 0 atom stereocenters. The molecule has 0 amide bonds. The Labute approximate surface area is 170 Å². The van der Waals surface area contributed by atoms with Gasteiger partial charge in [-0.25, -0.2) is 0 Å². The van der Waals surface area contributed by atoms with Crippen LogP contribution in [-0.2, 0) is 12.8 Å². The summed E-state index contributed by atoms with van der Waals surface area (Å²) in [5.74, 6) is 6.60. The molecule has 0 saturated heterocycles. The van der Waals surface area contributed by atoms with Crippen LogP contribution in [0, 0.1) is 11.8 Å². The number of rotatable bonds is 3. The minimum atomic E-state index is 0.773. The summed E-state index contributed by atoms with van der Waals surface area (Å²) in [6.45, 7) is 0. The second kappa shape index (κ2) is 7.70. The smallest absolute Gasteiger partial charge is 0.133 e. The number of hydrogen-bond donors (Lipinski definition) is 0. The molecule has 29 heavy (non-hydrogen) atoms. The first-order chi connectivity index (χ1) is 14.3. The molecule has 0 unspecified atom stereocenters. The van der Waals surface area contributed by atoms with E-state index in [0.29, 0.717) is 0 Å². The molecule has 0 N–H and O–H groups in total. The van der Waals surface area contributed by atoms with Crippen molar-refractivity contribution >= 4 is 21.7 Å². The average Bonchev–Trinajstić information content (AvgIpc) is 3.22. The van der Waals surface area contributed by atoms with Crippen molar-refractivity contribution in [1.82, 2.24) is 0 Å². The maximum Gasteiger partial charge on any atom is 0.133 e. The Morgan fingerprint density at radius 2 is 1.41 bits per heavy atom. The van der Waals surface area contributed by atoms with Crippen LogP contribution in [0.3, 0.4) is 0 Å². The number of furan rings is 1. The minimum Gasteiger partial charge on any atom is -0.464 e. The summed E-state index contributed by atoms with van der Waals surface area (Å²) >= 11 is 0. The van der Waals surface area contributed by atoms with E-state index in [0.717, 1.165) is 29.4 Å². The van der Waals surface area contributed by atoms with E-state index in [2.05, 4.69) is 84.6 Å². The van der Waals surface area contributed by atoms with Gasteiger partial charge in [0.2, 0.25) is 0 Å². The summed E-state index contributed by atoms with van der Waals surface area (Å²) in [7, 11) is 0. The predicted molar refractivity (Wildman–Crippen MR) is 120 cm³/mol. The van der Waals surface area contributed by atoms with Crippen LogP contribution < -0.4 is 0 Å². The molecule has 0 saturated carbocycles. The van der Waals surface area contributed by atoms with Gasteiger partial charge in [-0.05, 0) is 64.2 Å². The molecule has 5 aromatic rings. The second-order valence-corrected chi connectivity index (χ2v) is 7.33. The molecule has 1 nitrogen and oxygen atoms in total. The molecule has 0 spiro atoms. The summed E-state index contributed by atoms with van der Waals surface area (Å²) < 4.78 is 5.44. The van der Waals surface area contributed by atoms with E-state index in [1.807, 2.05) is 18.2 Å². The average molecular weight is 372 g/mol. The third-order valence-corrected chi connectivity index (χ3v) is 5.20. The van der Waals surface area contributed by atoms with Gasteiger partial charge in [-0.2, -0.15) is 0 Å². The fraction of sp³-hybridized carbons (Fsp3) is 0.0714. The standard InChI is InChI=1S/C28H20O/c1-2-5-21(6-3-1)7-4-8-22-9-12-25-13-10-23(20-27(25)18-22)17-24-11-14-28-26(19-24)15-16-29-28/h1-3,5-6,9-16,18-20H,7,17H2. The Hall–Kier alpha value is -3.76. The van der Waals surface area contributed by atoms with Gasteiger partial charge >= 0.3 is 0 Å². The zero-order valence-electron chi connectivity index (χ0n) is 16.1. The highest BCUT2D eigenvalue weighted by Crippen LogP contribution is 2.22. The highest BCUT2D eigenvalue weighted by Gasteiger charge is 2.03. The molecule has 0 bridgehead atoms. The third kappa shape index (κ3) is 3.93. The third-order valence-electron chi connectivity index (χ3n) is 5.20. The van der Waals surface area contributed by atoms with E-state index in [9.17, 15) is 0 Å². The summed E-state index contributed by atoms with van der Waals surface area (Å²) in [5.41, 5.74) is 5.83. The zero-order chi connectivity index (χ0) is 19.5. The Bertz CT molecular complexity index is 1350. The lowest BCUT2D eigenvalue weighted by molar-refractivity contribution is 0.616. The molecule has 0 fully saturated rings. The SMILES string of the molecule is C(#Cc1ccc2ccc(Cc3ccc4occc4c3)cc2c1)Cc1ccccc1. The minimum absolute atomic E-state index is 0.773. The van der Waals surface area contributed by atoms with Crippen molar-refractivity contribution in [2.45, 2.75) is 12.8 Å². The van der Waals surface area contributed by atoms with E-state index < -0.39 is 0 Å². The summed E-state index contributed by atoms with van der Waals surface area (Å²) in [6, 6.07) is 31.9. The first-order valence-corrected chi connectivity index (χ1v) is 9.85. The van der Waals surface area contributed by atoms with Gasteiger partial charge in [0.1, 0.15) is 5.58 Å². The largest absolute Gasteiger partial charge is 0.464 e. The van der Waals surface area contributed by atoms with E-state index >= 15 is 0 Å². The van der Waals surface area contributed by atoms with Crippen LogP contribution in [0.15, 0.2) is 102 Å². The lowest BCUT2D eigenvalue weighted by atomic mass is 9.99. The van der Waals surface area contributed by atoms with Crippen LogP contribution in [0.5, 0.6) is 0 Å². The molecule has 1 aromatic heterocycles. The van der Waals surface area contributed by atoms with Crippen LogP contribution >= 0.6 is 0 Å². The zero-order valence-corrected chi connectivity index (χ0v) is 16.1. The van der Waals surface area contributed by atoms with Gasteiger partial charge in [0.15, 0.2) is 0 Å². The van der Waals surface area contributed by atoms with Gasteiger partial charge in [0.25, 0.3) is 0 Å². The maximum atomic E-state index is 5.44. The van der Waals surface area contributed by atoms with Crippen molar-refractivity contribution in [3.8, 4) is 11.8 Å². The van der Waals surface area contributed by atoms with Gasteiger partial charge < -0.3 is 4.42 Å². The molecule has 1 heterocycles. The molecule has 0 aliphatic carbocycles. The van der Waals surface area contributed by atoms with Crippen molar-refractivity contribution in [3.63, 3.8) is 0 Å². The number of fused-ring (bicyclic) bond motifs is 2. The lowest BCUT2D eigenvalue weighted by Gasteiger charge is -2.05. The highest BCUT2D eigenvalue weighted by molar-refractivity contribution is 5.85. The van der Waals surface area contributed by atoms with Crippen LogP contribution in [0.25, 0.3) is 21.7 Å². The van der Waals surface area contributed by atoms with Crippen molar-refractivity contribution < 1.29 is 4.42 Å².